The molecule has 3 aromatic rings. The van der Waals surface area contributed by atoms with Crippen LogP contribution in [0.1, 0.15) is 16.3 Å². The second kappa shape index (κ2) is 8.62. The molecule has 3 rings (SSSR count). The van der Waals surface area contributed by atoms with Crippen molar-refractivity contribution in [2.45, 2.75) is 19.2 Å². The molecule has 0 unspecified atom stereocenters. The Morgan fingerprint density at radius 2 is 2.12 bits per heavy atom. The van der Waals surface area contributed by atoms with E-state index in [1.165, 1.54) is 0 Å². The number of nitrogens with one attached hydrogen (secondary N) is 1. The number of aromatic nitrogens is 1. The Morgan fingerprint density at radius 1 is 1.31 bits per heavy atom. The average molecular weight is 409 g/mol. The van der Waals surface area contributed by atoms with E-state index in [4.69, 9.17) is 16.0 Å². The van der Waals surface area contributed by atoms with Crippen LogP contribution in [0.2, 0.25) is 5.02 Å². The lowest BCUT2D eigenvalue weighted by Crippen LogP contribution is -2.28. The molecule has 1 amide bonds. The minimum absolute atomic E-state index is 0.0703. The third-order valence-corrected chi connectivity index (χ3v) is 6.01. The van der Waals surface area contributed by atoms with Crippen LogP contribution in [-0.2, 0) is 27.9 Å². The van der Waals surface area contributed by atoms with Crippen molar-refractivity contribution < 1.29 is 13.4 Å². The zero-order valence-electron chi connectivity index (χ0n) is 14.0. The summed E-state index contributed by atoms with van der Waals surface area (Å²) in [5, 5.41) is 5.26. The van der Waals surface area contributed by atoms with Crippen molar-refractivity contribution in [2.24, 2.45) is 0 Å². The van der Waals surface area contributed by atoms with Gasteiger partial charge in [-0.15, -0.1) is 11.3 Å². The van der Waals surface area contributed by atoms with Gasteiger partial charge in [0.15, 0.2) is 0 Å². The average Bonchev–Trinajstić information content (AvgIpc) is 3.24. The molecule has 0 aliphatic heterocycles. The predicted octanol–water partition coefficient (Wildman–Crippen LogP) is 3.93. The van der Waals surface area contributed by atoms with Gasteiger partial charge in [-0.2, -0.15) is 0 Å². The summed E-state index contributed by atoms with van der Waals surface area (Å²) >= 11 is 7.73. The lowest BCUT2D eigenvalue weighted by atomic mass is 10.2. The molecule has 0 saturated carbocycles. The van der Waals surface area contributed by atoms with E-state index in [1.54, 1.807) is 24.3 Å². The first kappa shape index (κ1) is 18.8. The van der Waals surface area contributed by atoms with Crippen molar-refractivity contribution in [3.05, 3.63) is 63.1 Å². The van der Waals surface area contributed by atoms with E-state index < -0.39 is 10.8 Å². The van der Waals surface area contributed by atoms with Gasteiger partial charge in [0, 0.05) is 15.7 Å². The Balaban J connectivity index is 1.59. The van der Waals surface area contributed by atoms with E-state index >= 15 is 0 Å². The van der Waals surface area contributed by atoms with E-state index in [9.17, 15) is 9.00 Å². The molecule has 136 valence electrons. The number of amides is 1. The molecule has 1 aromatic carbocycles. The van der Waals surface area contributed by atoms with Crippen molar-refractivity contribution in [1.82, 2.24) is 10.3 Å². The van der Waals surface area contributed by atoms with Crippen LogP contribution < -0.4 is 5.32 Å². The van der Waals surface area contributed by atoms with Gasteiger partial charge in [-0.25, -0.2) is 4.98 Å². The molecule has 26 heavy (non-hydrogen) atoms. The maximum atomic E-state index is 12.3. The number of hydrogen-bond donors (Lipinski definition) is 1. The Labute approximate surface area is 162 Å². The van der Waals surface area contributed by atoms with Crippen molar-refractivity contribution in [2.75, 3.05) is 5.75 Å². The standard InChI is InChI=1S/C18H17ClN2O3S2/c1-12-16(21-18(24-12)14-6-2-3-7-15(14)19)10-26(23)11-17(22)20-9-13-5-4-8-25-13/h2-8H,9-11H2,1H3,(H,20,22)/t26-/m0/s1. The number of halogens is 1. The van der Waals surface area contributed by atoms with E-state index in [2.05, 4.69) is 10.3 Å². The molecule has 0 aliphatic carbocycles. The van der Waals surface area contributed by atoms with Gasteiger partial charge >= 0.3 is 0 Å². The molecule has 8 heteroatoms. The zero-order valence-corrected chi connectivity index (χ0v) is 16.4. The third kappa shape index (κ3) is 4.81. The van der Waals surface area contributed by atoms with Crippen molar-refractivity contribution in [3.8, 4) is 11.5 Å². The second-order valence-corrected chi connectivity index (χ2v) is 8.48. The normalized spacial score (nSPS) is 12.1. The lowest BCUT2D eigenvalue weighted by molar-refractivity contribution is -0.118. The summed E-state index contributed by atoms with van der Waals surface area (Å²) in [6, 6.07) is 11.1. The van der Waals surface area contributed by atoms with E-state index in [0.717, 1.165) is 4.88 Å². The quantitative estimate of drug-likeness (QED) is 0.642. The minimum Gasteiger partial charge on any atom is -0.441 e. The monoisotopic (exact) mass is 408 g/mol. The van der Waals surface area contributed by atoms with Crippen LogP contribution in [0.25, 0.3) is 11.5 Å². The summed E-state index contributed by atoms with van der Waals surface area (Å²) in [4.78, 5) is 17.4. The fourth-order valence-corrected chi connectivity index (χ4v) is 4.24. The molecular weight excluding hydrogens is 392 g/mol. The first-order chi connectivity index (χ1) is 12.5. The van der Waals surface area contributed by atoms with Crippen LogP contribution in [0, 0.1) is 6.92 Å². The molecule has 2 aromatic heterocycles. The topological polar surface area (TPSA) is 72.2 Å². The molecule has 0 spiro atoms. The number of rotatable bonds is 7. The van der Waals surface area contributed by atoms with Crippen LogP contribution in [0.4, 0.5) is 0 Å². The maximum Gasteiger partial charge on any atom is 0.232 e. The molecule has 0 aliphatic rings. The summed E-state index contributed by atoms with van der Waals surface area (Å²) in [5.74, 6) is 0.810. The molecule has 0 fully saturated rings. The largest absolute Gasteiger partial charge is 0.441 e. The van der Waals surface area contributed by atoms with Crippen molar-refractivity contribution in [1.29, 1.82) is 0 Å². The molecule has 0 radical (unpaired) electrons. The number of aryl methyl sites for hydroxylation is 1. The van der Waals surface area contributed by atoms with Crippen LogP contribution in [0.5, 0.6) is 0 Å². The molecule has 0 saturated heterocycles. The number of thiophene rings is 1. The van der Waals surface area contributed by atoms with Gasteiger partial charge in [0.1, 0.15) is 11.5 Å². The fraction of sp³-hybridized carbons (Fsp3) is 0.222. The highest BCUT2D eigenvalue weighted by Crippen LogP contribution is 2.28. The van der Waals surface area contributed by atoms with Crippen LogP contribution >= 0.6 is 22.9 Å². The lowest BCUT2D eigenvalue weighted by Gasteiger charge is -2.03. The Morgan fingerprint density at radius 3 is 2.85 bits per heavy atom. The van der Waals surface area contributed by atoms with Gasteiger partial charge in [-0.1, -0.05) is 29.8 Å². The molecule has 2 heterocycles. The number of hydrogen-bond acceptors (Lipinski definition) is 5. The van der Waals surface area contributed by atoms with Gasteiger partial charge < -0.3 is 9.73 Å². The molecular formula is C18H17ClN2O3S2. The maximum absolute atomic E-state index is 12.3. The van der Waals surface area contributed by atoms with Crippen molar-refractivity contribution in [3.63, 3.8) is 0 Å². The van der Waals surface area contributed by atoms with Crippen LogP contribution in [0.15, 0.2) is 46.2 Å². The van der Waals surface area contributed by atoms with Crippen molar-refractivity contribution >= 4 is 39.6 Å². The highest BCUT2D eigenvalue weighted by molar-refractivity contribution is 7.84. The summed E-state index contributed by atoms with van der Waals surface area (Å²) in [7, 11) is -1.37. The highest BCUT2D eigenvalue weighted by atomic mass is 35.5. The Hall–Kier alpha value is -1.96. The number of carbonyl (C=O) groups is 1. The summed E-state index contributed by atoms with van der Waals surface area (Å²) < 4.78 is 17.9. The van der Waals surface area contributed by atoms with Crippen LogP contribution in [-0.4, -0.2) is 20.9 Å². The molecule has 0 bridgehead atoms. The Bertz CT molecular complexity index is 922. The molecule has 5 nitrogen and oxygen atoms in total. The second-order valence-electron chi connectivity index (χ2n) is 5.59. The van der Waals surface area contributed by atoms with E-state index in [1.807, 2.05) is 35.7 Å². The predicted molar refractivity (Wildman–Crippen MR) is 105 cm³/mol. The SMILES string of the molecule is Cc1oc(-c2ccccc2Cl)nc1C[S@](=O)CC(=O)NCc1cccs1. The smallest absolute Gasteiger partial charge is 0.232 e. The summed E-state index contributed by atoms with van der Waals surface area (Å²) in [6.07, 6.45) is 0. The third-order valence-electron chi connectivity index (χ3n) is 3.63. The summed E-state index contributed by atoms with van der Waals surface area (Å²) in [6.45, 7) is 2.21. The van der Waals surface area contributed by atoms with Gasteiger partial charge in [-0.3, -0.25) is 9.00 Å². The van der Waals surface area contributed by atoms with Gasteiger partial charge in [0.2, 0.25) is 11.8 Å². The van der Waals surface area contributed by atoms with Crippen LogP contribution in [0.3, 0.4) is 0 Å². The zero-order chi connectivity index (χ0) is 18.5. The minimum atomic E-state index is -1.37. The number of carbonyl (C=O) groups excluding carboxylic acids is 1. The van der Waals surface area contributed by atoms with Gasteiger partial charge in [-0.05, 0) is 30.5 Å². The van der Waals surface area contributed by atoms with E-state index in [-0.39, 0.29) is 17.4 Å². The first-order valence-corrected chi connectivity index (χ1v) is 10.6. The first-order valence-electron chi connectivity index (χ1n) is 7.88. The van der Waals surface area contributed by atoms with Gasteiger partial charge in [0.05, 0.1) is 28.6 Å². The van der Waals surface area contributed by atoms with Gasteiger partial charge in [0.25, 0.3) is 0 Å². The fourth-order valence-electron chi connectivity index (χ4n) is 2.31. The molecule has 1 N–H and O–H groups in total. The molecule has 1 atom stereocenters. The summed E-state index contributed by atoms with van der Waals surface area (Å²) in [5.41, 5.74) is 1.26. The Kier molecular flexibility index (Phi) is 6.24. The number of nitrogens with zero attached hydrogens (tertiary/aromatic N) is 1. The number of oxazole rings is 1. The number of benzene rings is 1. The highest BCUT2D eigenvalue weighted by Gasteiger charge is 2.17. The van der Waals surface area contributed by atoms with E-state index in [0.29, 0.717) is 34.5 Å².